The first-order valence-corrected chi connectivity index (χ1v) is 6.83. The van der Waals surface area contributed by atoms with Gasteiger partial charge in [0.25, 0.3) is 0 Å². The van der Waals surface area contributed by atoms with Crippen molar-refractivity contribution in [3.05, 3.63) is 28.7 Å². The zero-order valence-corrected chi connectivity index (χ0v) is 11.6. The summed E-state index contributed by atoms with van der Waals surface area (Å²) in [6.45, 7) is -0.127. The van der Waals surface area contributed by atoms with Crippen LogP contribution in [0.3, 0.4) is 0 Å². The summed E-state index contributed by atoms with van der Waals surface area (Å²) in [7, 11) is 0. The van der Waals surface area contributed by atoms with Crippen LogP contribution in [0.15, 0.2) is 33.9 Å². The quantitative estimate of drug-likeness (QED) is 0.685. The van der Waals surface area contributed by atoms with Crippen molar-refractivity contribution in [2.24, 2.45) is 0 Å². The van der Waals surface area contributed by atoms with E-state index in [9.17, 15) is 0 Å². The fraction of sp³-hybridized carbons (Fsp3) is 0.182. The normalized spacial score (nSPS) is 9.89. The van der Waals surface area contributed by atoms with Crippen LogP contribution >= 0.6 is 27.7 Å². The number of hydrogen-bond donors (Lipinski definition) is 1. The fourth-order valence-electron chi connectivity index (χ4n) is 1.22. The third-order valence-electron chi connectivity index (χ3n) is 1.99. The molecule has 0 bridgehead atoms. The summed E-state index contributed by atoms with van der Waals surface area (Å²) in [6, 6.07) is 7.70. The molecule has 1 aromatic heterocycles. The number of thioether (sulfide) groups is 1. The van der Waals surface area contributed by atoms with Gasteiger partial charge in [-0.1, -0.05) is 39.5 Å². The van der Waals surface area contributed by atoms with Crippen molar-refractivity contribution in [3.8, 4) is 17.5 Å². The minimum Gasteiger partial charge on any atom is -0.384 e. The van der Waals surface area contributed by atoms with Crippen molar-refractivity contribution in [3.63, 3.8) is 0 Å². The van der Waals surface area contributed by atoms with E-state index in [-0.39, 0.29) is 6.61 Å². The Morgan fingerprint density at radius 2 is 2.06 bits per heavy atom. The van der Waals surface area contributed by atoms with E-state index in [0.717, 1.165) is 10.2 Å². The molecule has 5 nitrogen and oxygen atoms in total. The number of tetrazole rings is 1. The van der Waals surface area contributed by atoms with Gasteiger partial charge in [0.05, 0.1) is 11.4 Å². The van der Waals surface area contributed by atoms with Gasteiger partial charge in [-0.25, -0.2) is 0 Å². The molecule has 0 unspecified atom stereocenters. The van der Waals surface area contributed by atoms with Crippen LogP contribution in [0.2, 0.25) is 0 Å². The van der Waals surface area contributed by atoms with Crippen molar-refractivity contribution in [1.29, 1.82) is 0 Å². The van der Waals surface area contributed by atoms with Crippen LogP contribution in [-0.4, -0.2) is 37.7 Å². The molecule has 0 amide bonds. The van der Waals surface area contributed by atoms with Crippen molar-refractivity contribution in [2.75, 3.05) is 12.4 Å². The van der Waals surface area contributed by atoms with Gasteiger partial charge >= 0.3 is 0 Å². The Balaban J connectivity index is 2.14. The minimum atomic E-state index is -0.127. The van der Waals surface area contributed by atoms with E-state index in [0.29, 0.717) is 10.9 Å². The van der Waals surface area contributed by atoms with Gasteiger partial charge in [-0.05, 0) is 34.7 Å². The highest BCUT2D eigenvalue weighted by molar-refractivity contribution is 9.10. The predicted molar refractivity (Wildman–Crippen MR) is 72.4 cm³/mol. The van der Waals surface area contributed by atoms with Crippen LogP contribution in [0.5, 0.6) is 0 Å². The van der Waals surface area contributed by atoms with Crippen LogP contribution in [0.25, 0.3) is 5.69 Å². The van der Waals surface area contributed by atoms with Gasteiger partial charge in [0, 0.05) is 4.47 Å². The molecule has 0 saturated heterocycles. The molecule has 1 aromatic carbocycles. The molecule has 0 aliphatic rings. The number of halogens is 1. The lowest BCUT2D eigenvalue weighted by Crippen LogP contribution is -1.98. The maximum Gasteiger partial charge on any atom is 0.215 e. The Bertz CT molecular complexity index is 573. The number of aromatic nitrogens is 4. The Morgan fingerprint density at radius 3 is 2.78 bits per heavy atom. The summed E-state index contributed by atoms with van der Waals surface area (Å²) < 4.78 is 2.65. The summed E-state index contributed by atoms with van der Waals surface area (Å²) in [5, 5.41) is 20.7. The Kier molecular flexibility index (Phi) is 4.75. The molecule has 2 rings (SSSR count). The number of benzene rings is 1. The van der Waals surface area contributed by atoms with E-state index in [2.05, 4.69) is 43.3 Å². The van der Waals surface area contributed by atoms with Gasteiger partial charge in [0.2, 0.25) is 5.16 Å². The minimum absolute atomic E-state index is 0.127. The van der Waals surface area contributed by atoms with Crippen LogP contribution in [0, 0.1) is 11.8 Å². The first-order valence-electron chi connectivity index (χ1n) is 5.05. The number of hydrogen-bond acceptors (Lipinski definition) is 5. The molecule has 0 radical (unpaired) electrons. The topological polar surface area (TPSA) is 63.8 Å². The molecule has 0 aliphatic carbocycles. The predicted octanol–water partition coefficient (Wildman–Crippen LogP) is 1.51. The monoisotopic (exact) mass is 324 g/mol. The van der Waals surface area contributed by atoms with E-state index in [1.54, 1.807) is 4.68 Å². The van der Waals surface area contributed by atoms with E-state index < -0.39 is 0 Å². The van der Waals surface area contributed by atoms with Crippen LogP contribution in [0.1, 0.15) is 0 Å². The van der Waals surface area contributed by atoms with Gasteiger partial charge in [0.1, 0.15) is 6.61 Å². The average Bonchev–Trinajstić information content (AvgIpc) is 2.84. The highest BCUT2D eigenvalue weighted by atomic mass is 79.9. The first kappa shape index (κ1) is 13.1. The lowest BCUT2D eigenvalue weighted by atomic mass is 10.3. The van der Waals surface area contributed by atoms with Crippen LogP contribution in [-0.2, 0) is 0 Å². The molecule has 0 spiro atoms. The second-order valence-corrected chi connectivity index (χ2v) is 5.01. The third kappa shape index (κ3) is 3.32. The fourth-order valence-corrected chi connectivity index (χ4v) is 2.15. The largest absolute Gasteiger partial charge is 0.384 e. The van der Waals surface area contributed by atoms with E-state index in [1.807, 2.05) is 24.3 Å². The van der Waals surface area contributed by atoms with Crippen molar-refractivity contribution in [1.82, 2.24) is 20.2 Å². The van der Waals surface area contributed by atoms with Gasteiger partial charge in [-0.2, -0.15) is 4.68 Å². The smallest absolute Gasteiger partial charge is 0.215 e. The highest BCUT2D eigenvalue weighted by Crippen LogP contribution is 2.19. The second kappa shape index (κ2) is 6.54. The van der Waals surface area contributed by atoms with E-state index >= 15 is 0 Å². The standard InChI is InChI=1S/C11H9BrN4OS/c12-9-3-5-10(6-4-9)16-11(13-14-15-16)18-8-2-1-7-17/h3-6,17H,7-8H2. The van der Waals surface area contributed by atoms with Crippen LogP contribution in [0.4, 0.5) is 0 Å². The lowest BCUT2D eigenvalue weighted by molar-refractivity contribution is 0.350. The summed E-state index contributed by atoms with van der Waals surface area (Å²) >= 11 is 4.80. The second-order valence-electron chi connectivity index (χ2n) is 3.15. The SMILES string of the molecule is OCC#CCSc1nnnn1-c1ccc(Br)cc1. The molecule has 0 saturated carbocycles. The van der Waals surface area contributed by atoms with Crippen molar-refractivity contribution in [2.45, 2.75) is 5.16 Å². The Hall–Kier alpha value is -1.36. The molecule has 92 valence electrons. The molecule has 2 aromatic rings. The lowest BCUT2D eigenvalue weighted by Gasteiger charge is -2.02. The first-order chi connectivity index (χ1) is 8.81. The molecular formula is C11H9BrN4OS. The van der Waals surface area contributed by atoms with Gasteiger partial charge in [-0.15, -0.1) is 5.10 Å². The van der Waals surface area contributed by atoms with Gasteiger partial charge < -0.3 is 5.11 Å². The summed E-state index contributed by atoms with van der Waals surface area (Å²) in [6.07, 6.45) is 0. The third-order valence-corrected chi connectivity index (χ3v) is 3.32. The van der Waals surface area contributed by atoms with E-state index in [4.69, 9.17) is 5.11 Å². The van der Waals surface area contributed by atoms with Crippen molar-refractivity contribution < 1.29 is 5.11 Å². The Morgan fingerprint density at radius 1 is 1.28 bits per heavy atom. The molecule has 1 heterocycles. The molecule has 18 heavy (non-hydrogen) atoms. The summed E-state index contributed by atoms with van der Waals surface area (Å²) in [4.78, 5) is 0. The number of aliphatic hydroxyl groups is 1. The van der Waals surface area contributed by atoms with Gasteiger partial charge in [0.15, 0.2) is 0 Å². The summed E-state index contributed by atoms with van der Waals surface area (Å²) in [5.41, 5.74) is 0.890. The van der Waals surface area contributed by atoms with Crippen molar-refractivity contribution >= 4 is 27.7 Å². The zero-order chi connectivity index (χ0) is 12.8. The number of nitrogens with zero attached hydrogens (tertiary/aromatic N) is 4. The zero-order valence-electron chi connectivity index (χ0n) is 9.25. The Labute approximate surface area is 117 Å². The molecular weight excluding hydrogens is 316 g/mol. The number of aliphatic hydroxyl groups excluding tert-OH is 1. The molecule has 1 N–H and O–H groups in total. The van der Waals surface area contributed by atoms with Crippen LogP contribution < -0.4 is 0 Å². The highest BCUT2D eigenvalue weighted by Gasteiger charge is 2.07. The molecule has 0 fully saturated rings. The molecule has 0 aliphatic heterocycles. The average molecular weight is 325 g/mol. The maximum atomic E-state index is 8.55. The number of rotatable bonds is 3. The molecule has 0 atom stereocenters. The molecule has 7 heteroatoms. The van der Waals surface area contributed by atoms with E-state index in [1.165, 1.54) is 11.8 Å². The summed E-state index contributed by atoms with van der Waals surface area (Å²) in [5.74, 6) is 5.92. The van der Waals surface area contributed by atoms with Gasteiger partial charge in [-0.3, -0.25) is 0 Å². The maximum absolute atomic E-state index is 8.55.